The fourth-order valence-corrected chi connectivity index (χ4v) is 2.59. The maximum atomic E-state index is 5.49. The molecule has 1 unspecified atom stereocenters. The lowest BCUT2D eigenvalue weighted by molar-refractivity contribution is 0.0207. The quantitative estimate of drug-likeness (QED) is 0.794. The van der Waals surface area contributed by atoms with Crippen molar-refractivity contribution in [3.63, 3.8) is 0 Å². The number of hydrogen-bond acceptors (Lipinski definition) is 3. The predicted molar refractivity (Wildman–Crippen MR) is 64.6 cm³/mol. The van der Waals surface area contributed by atoms with Gasteiger partial charge in [-0.1, -0.05) is 6.92 Å². The van der Waals surface area contributed by atoms with Crippen LogP contribution in [0.1, 0.15) is 32.6 Å². The molecule has 2 aliphatic rings. The van der Waals surface area contributed by atoms with Crippen molar-refractivity contribution in [2.24, 2.45) is 11.3 Å². The average Bonchev–Trinajstić information content (AvgIpc) is 2.31. The maximum Gasteiger partial charge on any atom is 0.0506 e. The van der Waals surface area contributed by atoms with Gasteiger partial charge in [0.1, 0.15) is 0 Å². The molecule has 2 heterocycles. The van der Waals surface area contributed by atoms with E-state index in [9.17, 15) is 0 Å². The highest BCUT2D eigenvalue weighted by molar-refractivity contribution is 4.80. The van der Waals surface area contributed by atoms with Crippen LogP contribution in [0.2, 0.25) is 0 Å². The van der Waals surface area contributed by atoms with E-state index in [-0.39, 0.29) is 0 Å². The van der Waals surface area contributed by atoms with Crippen molar-refractivity contribution in [3.05, 3.63) is 0 Å². The molecule has 2 saturated heterocycles. The molecule has 2 rings (SSSR count). The van der Waals surface area contributed by atoms with Crippen LogP contribution >= 0.6 is 0 Å². The molecule has 0 amide bonds. The molecule has 0 aromatic heterocycles. The van der Waals surface area contributed by atoms with E-state index in [1.807, 2.05) is 0 Å². The first-order valence-electron chi connectivity index (χ1n) is 6.65. The Kier molecular flexibility index (Phi) is 4.62. The van der Waals surface area contributed by atoms with Gasteiger partial charge in [0.25, 0.3) is 0 Å². The molecule has 0 bridgehead atoms. The molecule has 0 aromatic rings. The molecule has 16 heavy (non-hydrogen) atoms. The summed E-state index contributed by atoms with van der Waals surface area (Å²) in [6.07, 6.45) is 4.95. The minimum atomic E-state index is 0.452. The molecule has 2 fully saturated rings. The highest BCUT2D eigenvalue weighted by atomic mass is 16.5. The Hall–Kier alpha value is -0.120. The molecule has 1 N–H and O–H groups in total. The topological polar surface area (TPSA) is 30.5 Å². The Bertz CT molecular complexity index is 196. The van der Waals surface area contributed by atoms with Crippen LogP contribution in [-0.2, 0) is 9.47 Å². The smallest absolute Gasteiger partial charge is 0.0506 e. The van der Waals surface area contributed by atoms with Crippen LogP contribution in [0.25, 0.3) is 0 Å². The first-order chi connectivity index (χ1) is 7.79. The Balaban J connectivity index is 1.62. The maximum absolute atomic E-state index is 5.49. The van der Waals surface area contributed by atoms with Gasteiger partial charge < -0.3 is 14.8 Å². The zero-order valence-corrected chi connectivity index (χ0v) is 10.5. The van der Waals surface area contributed by atoms with Gasteiger partial charge in [-0.3, -0.25) is 0 Å². The second-order valence-corrected chi connectivity index (χ2v) is 5.64. The molecule has 3 nitrogen and oxygen atoms in total. The van der Waals surface area contributed by atoms with Crippen LogP contribution in [0, 0.1) is 11.3 Å². The lowest BCUT2D eigenvalue weighted by atomic mass is 9.82. The van der Waals surface area contributed by atoms with Crippen molar-refractivity contribution in [1.29, 1.82) is 0 Å². The van der Waals surface area contributed by atoms with E-state index in [1.165, 1.54) is 25.7 Å². The number of nitrogens with one attached hydrogen (secondary N) is 1. The predicted octanol–water partition coefficient (Wildman–Crippen LogP) is 1.82. The van der Waals surface area contributed by atoms with Crippen molar-refractivity contribution in [1.82, 2.24) is 5.32 Å². The summed E-state index contributed by atoms with van der Waals surface area (Å²) < 4.78 is 10.9. The third kappa shape index (κ3) is 3.72. The largest absolute Gasteiger partial charge is 0.381 e. The first kappa shape index (κ1) is 12.3. The summed E-state index contributed by atoms with van der Waals surface area (Å²) in [6.45, 7) is 8.41. The molecular formula is C13H25NO2. The summed E-state index contributed by atoms with van der Waals surface area (Å²) in [4.78, 5) is 0. The van der Waals surface area contributed by atoms with Crippen molar-refractivity contribution in [3.8, 4) is 0 Å². The summed E-state index contributed by atoms with van der Waals surface area (Å²) in [6, 6.07) is 0. The van der Waals surface area contributed by atoms with Crippen LogP contribution in [0.3, 0.4) is 0 Å². The lowest BCUT2D eigenvalue weighted by Gasteiger charge is -2.34. The minimum Gasteiger partial charge on any atom is -0.381 e. The Morgan fingerprint density at radius 1 is 1.19 bits per heavy atom. The van der Waals surface area contributed by atoms with Gasteiger partial charge in [-0.15, -0.1) is 0 Å². The fraction of sp³-hybridized carbons (Fsp3) is 1.00. The second-order valence-electron chi connectivity index (χ2n) is 5.64. The van der Waals surface area contributed by atoms with Gasteiger partial charge in [-0.25, -0.2) is 0 Å². The third-order valence-corrected chi connectivity index (χ3v) is 3.94. The van der Waals surface area contributed by atoms with Crippen LogP contribution in [-0.4, -0.2) is 39.5 Å². The molecule has 2 aliphatic heterocycles. The second kappa shape index (κ2) is 5.99. The van der Waals surface area contributed by atoms with Crippen LogP contribution in [0.15, 0.2) is 0 Å². The van der Waals surface area contributed by atoms with Crippen molar-refractivity contribution in [2.75, 3.05) is 39.5 Å². The van der Waals surface area contributed by atoms with Gasteiger partial charge in [0.15, 0.2) is 0 Å². The van der Waals surface area contributed by atoms with Crippen molar-refractivity contribution in [2.45, 2.75) is 32.6 Å². The molecule has 0 saturated carbocycles. The van der Waals surface area contributed by atoms with E-state index in [2.05, 4.69) is 12.2 Å². The van der Waals surface area contributed by atoms with E-state index in [0.29, 0.717) is 5.41 Å². The standard InChI is InChI=1S/C13H25NO2/c1-13(4-7-15-8-5-13)11-14-9-12-3-2-6-16-10-12/h12,14H,2-11H2,1H3. The monoisotopic (exact) mass is 227 g/mol. The van der Waals surface area contributed by atoms with E-state index in [1.54, 1.807) is 0 Å². The van der Waals surface area contributed by atoms with Crippen molar-refractivity contribution >= 4 is 0 Å². The molecule has 0 aliphatic carbocycles. The Morgan fingerprint density at radius 2 is 2.00 bits per heavy atom. The zero-order chi connectivity index (χ0) is 11.3. The third-order valence-electron chi connectivity index (χ3n) is 3.94. The van der Waals surface area contributed by atoms with E-state index < -0.39 is 0 Å². The Morgan fingerprint density at radius 3 is 2.69 bits per heavy atom. The summed E-state index contributed by atoms with van der Waals surface area (Å²) in [5.74, 6) is 0.734. The molecule has 1 atom stereocenters. The number of hydrogen-bond donors (Lipinski definition) is 1. The summed E-state index contributed by atoms with van der Waals surface area (Å²) >= 11 is 0. The molecule has 0 spiro atoms. The van der Waals surface area contributed by atoms with Gasteiger partial charge in [0, 0.05) is 32.9 Å². The number of rotatable bonds is 4. The number of ether oxygens (including phenoxy) is 2. The average molecular weight is 227 g/mol. The Labute approximate surface area is 98.9 Å². The summed E-state index contributed by atoms with van der Waals surface area (Å²) in [5.41, 5.74) is 0.452. The van der Waals surface area contributed by atoms with Crippen LogP contribution in [0.5, 0.6) is 0 Å². The first-order valence-corrected chi connectivity index (χ1v) is 6.65. The normalized spacial score (nSPS) is 30.2. The summed E-state index contributed by atoms with van der Waals surface area (Å²) in [5, 5.41) is 3.63. The molecule has 3 heteroatoms. The molecular weight excluding hydrogens is 202 g/mol. The molecule has 94 valence electrons. The van der Waals surface area contributed by atoms with Gasteiger partial charge in [-0.05, 0) is 37.0 Å². The van der Waals surface area contributed by atoms with Crippen molar-refractivity contribution < 1.29 is 9.47 Å². The zero-order valence-electron chi connectivity index (χ0n) is 10.5. The highest BCUT2D eigenvalue weighted by Gasteiger charge is 2.27. The van der Waals surface area contributed by atoms with Gasteiger partial charge in [0.2, 0.25) is 0 Å². The van der Waals surface area contributed by atoms with Gasteiger partial charge in [-0.2, -0.15) is 0 Å². The van der Waals surface area contributed by atoms with E-state index >= 15 is 0 Å². The van der Waals surface area contributed by atoms with Crippen LogP contribution < -0.4 is 5.32 Å². The SMILES string of the molecule is CC1(CNCC2CCCOC2)CCOCC1. The van der Waals surface area contributed by atoms with E-state index in [4.69, 9.17) is 9.47 Å². The fourth-order valence-electron chi connectivity index (χ4n) is 2.59. The minimum absolute atomic E-state index is 0.452. The lowest BCUT2D eigenvalue weighted by Crippen LogP contribution is -2.39. The van der Waals surface area contributed by atoms with Gasteiger partial charge >= 0.3 is 0 Å². The highest BCUT2D eigenvalue weighted by Crippen LogP contribution is 2.28. The van der Waals surface area contributed by atoms with Crippen LogP contribution in [0.4, 0.5) is 0 Å². The molecule has 0 radical (unpaired) electrons. The van der Waals surface area contributed by atoms with E-state index in [0.717, 1.165) is 45.4 Å². The molecule has 0 aromatic carbocycles. The van der Waals surface area contributed by atoms with Gasteiger partial charge in [0.05, 0.1) is 6.61 Å². The summed E-state index contributed by atoms with van der Waals surface area (Å²) in [7, 11) is 0.